The van der Waals surface area contributed by atoms with Gasteiger partial charge in [-0.25, -0.2) is 9.97 Å². The molecule has 0 fully saturated rings. The van der Waals surface area contributed by atoms with Crippen LogP contribution in [0.15, 0.2) is 11.2 Å². The van der Waals surface area contributed by atoms with Crippen molar-refractivity contribution in [3.8, 4) is 0 Å². The first-order valence-electron chi connectivity index (χ1n) is 5.44. The highest BCUT2D eigenvalue weighted by Gasteiger charge is 2.33. The molecule has 1 unspecified atom stereocenters. The standard InChI is InChI=1S/C11H15F3N2OS/c1-6(2)8(5-17)18-10-15-7(3)4-9(16-10)11(12,13)14/h4,6,8,17H,5H2,1-3H3. The topological polar surface area (TPSA) is 46.0 Å². The van der Waals surface area contributed by atoms with Gasteiger partial charge in [0.1, 0.15) is 5.69 Å². The highest BCUT2D eigenvalue weighted by molar-refractivity contribution is 7.99. The highest BCUT2D eigenvalue weighted by atomic mass is 32.2. The first-order valence-corrected chi connectivity index (χ1v) is 6.32. The first kappa shape index (κ1) is 15.2. The number of hydrogen-bond acceptors (Lipinski definition) is 4. The van der Waals surface area contributed by atoms with Gasteiger partial charge in [-0.05, 0) is 18.9 Å². The molecule has 0 radical (unpaired) electrons. The lowest BCUT2D eigenvalue weighted by molar-refractivity contribution is -0.141. The second-order valence-corrected chi connectivity index (χ2v) is 5.46. The number of thioether (sulfide) groups is 1. The molecule has 1 atom stereocenters. The molecule has 102 valence electrons. The normalized spacial score (nSPS) is 14.0. The molecule has 3 nitrogen and oxygen atoms in total. The molecule has 0 aliphatic rings. The average Bonchev–Trinajstić information content (AvgIpc) is 2.23. The second kappa shape index (κ2) is 5.88. The summed E-state index contributed by atoms with van der Waals surface area (Å²) in [5.74, 6) is 0.124. The van der Waals surface area contributed by atoms with E-state index in [1.165, 1.54) is 6.92 Å². The van der Waals surface area contributed by atoms with E-state index in [0.29, 0.717) is 0 Å². The van der Waals surface area contributed by atoms with Gasteiger partial charge in [0.15, 0.2) is 5.16 Å². The van der Waals surface area contributed by atoms with Crippen molar-refractivity contribution in [2.75, 3.05) is 6.61 Å². The number of hydrogen-bond donors (Lipinski definition) is 1. The van der Waals surface area contributed by atoms with Crippen molar-refractivity contribution in [1.29, 1.82) is 0 Å². The summed E-state index contributed by atoms with van der Waals surface area (Å²) >= 11 is 1.07. The molecular formula is C11H15F3N2OS. The van der Waals surface area contributed by atoms with Gasteiger partial charge in [0, 0.05) is 10.9 Å². The van der Waals surface area contributed by atoms with Gasteiger partial charge in [0.05, 0.1) is 6.61 Å². The van der Waals surface area contributed by atoms with Crippen LogP contribution < -0.4 is 0 Å². The third kappa shape index (κ3) is 4.13. The van der Waals surface area contributed by atoms with E-state index < -0.39 is 11.9 Å². The summed E-state index contributed by atoms with van der Waals surface area (Å²) in [5.41, 5.74) is -0.682. The zero-order chi connectivity index (χ0) is 13.9. The Hall–Kier alpha value is -0.820. The fraction of sp³-hybridized carbons (Fsp3) is 0.636. The number of aryl methyl sites for hydroxylation is 1. The molecule has 0 spiro atoms. The third-order valence-corrected chi connectivity index (χ3v) is 3.69. The fourth-order valence-electron chi connectivity index (χ4n) is 1.26. The Morgan fingerprint density at radius 2 is 1.94 bits per heavy atom. The molecule has 18 heavy (non-hydrogen) atoms. The average molecular weight is 280 g/mol. The molecule has 0 amide bonds. The smallest absolute Gasteiger partial charge is 0.395 e. The van der Waals surface area contributed by atoms with Crippen molar-refractivity contribution in [2.24, 2.45) is 5.92 Å². The quantitative estimate of drug-likeness (QED) is 0.680. The number of aliphatic hydroxyl groups is 1. The van der Waals surface area contributed by atoms with Gasteiger partial charge in [-0.1, -0.05) is 25.6 Å². The number of aliphatic hydroxyl groups excluding tert-OH is 1. The Morgan fingerprint density at radius 1 is 1.33 bits per heavy atom. The summed E-state index contributed by atoms with van der Waals surface area (Å²) in [6, 6.07) is 0.910. The largest absolute Gasteiger partial charge is 0.433 e. The zero-order valence-electron chi connectivity index (χ0n) is 10.3. The van der Waals surface area contributed by atoms with Crippen molar-refractivity contribution in [2.45, 2.75) is 37.4 Å². The predicted molar refractivity (Wildman–Crippen MR) is 63.3 cm³/mol. The van der Waals surface area contributed by atoms with Crippen LogP contribution in [0.25, 0.3) is 0 Å². The highest BCUT2D eigenvalue weighted by Crippen LogP contribution is 2.31. The molecule has 0 aromatic carbocycles. The van der Waals surface area contributed by atoms with Crippen LogP contribution in [0.3, 0.4) is 0 Å². The fourth-order valence-corrected chi connectivity index (χ4v) is 2.22. The van der Waals surface area contributed by atoms with Gasteiger partial charge >= 0.3 is 6.18 Å². The lowest BCUT2D eigenvalue weighted by Crippen LogP contribution is -2.17. The van der Waals surface area contributed by atoms with E-state index in [9.17, 15) is 13.2 Å². The molecule has 1 aromatic rings. The SMILES string of the molecule is Cc1cc(C(F)(F)F)nc(SC(CO)C(C)C)n1. The lowest BCUT2D eigenvalue weighted by atomic mass is 10.1. The monoisotopic (exact) mass is 280 g/mol. The summed E-state index contributed by atoms with van der Waals surface area (Å²) in [5, 5.41) is 8.99. The first-order chi connectivity index (χ1) is 8.24. The van der Waals surface area contributed by atoms with Crippen molar-refractivity contribution >= 4 is 11.8 Å². The van der Waals surface area contributed by atoms with Crippen LogP contribution >= 0.6 is 11.8 Å². The predicted octanol–water partition coefficient (Wildman–Crippen LogP) is 2.91. The van der Waals surface area contributed by atoms with E-state index in [1.54, 1.807) is 0 Å². The molecule has 1 rings (SSSR count). The molecule has 7 heteroatoms. The van der Waals surface area contributed by atoms with Crippen molar-refractivity contribution in [3.63, 3.8) is 0 Å². The molecule has 1 N–H and O–H groups in total. The summed E-state index contributed by atoms with van der Waals surface area (Å²) in [4.78, 5) is 7.45. The molecule has 0 saturated heterocycles. The van der Waals surface area contributed by atoms with Gasteiger partial charge in [-0.3, -0.25) is 0 Å². The Bertz CT molecular complexity index is 410. The maximum atomic E-state index is 12.6. The Kier molecular flexibility index (Phi) is 4.98. The Labute approximate surface area is 108 Å². The van der Waals surface area contributed by atoms with E-state index in [-0.39, 0.29) is 28.6 Å². The van der Waals surface area contributed by atoms with E-state index in [1.807, 2.05) is 13.8 Å². The number of alkyl halides is 3. The number of halogens is 3. The van der Waals surface area contributed by atoms with Gasteiger partial charge in [-0.15, -0.1) is 0 Å². The molecule has 0 saturated carbocycles. The van der Waals surface area contributed by atoms with Crippen LogP contribution in [-0.4, -0.2) is 26.9 Å². The minimum atomic E-state index is -4.48. The number of nitrogens with zero attached hydrogens (tertiary/aromatic N) is 2. The van der Waals surface area contributed by atoms with E-state index in [4.69, 9.17) is 5.11 Å². The van der Waals surface area contributed by atoms with Crippen molar-refractivity contribution < 1.29 is 18.3 Å². The second-order valence-electron chi connectivity index (χ2n) is 4.26. The van der Waals surface area contributed by atoms with Crippen LogP contribution in [0.4, 0.5) is 13.2 Å². The number of aromatic nitrogens is 2. The van der Waals surface area contributed by atoms with Crippen molar-refractivity contribution in [1.82, 2.24) is 9.97 Å². The maximum absolute atomic E-state index is 12.6. The van der Waals surface area contributed by atoms with Crippen LogP contribution in [-0.2, 0) is 6.18 Å². The third-order valence-electron chi connectivity index (χ3n) is 2.30. The molecular weight excluding hydrogens is 265 g/mol. The maximum Gasteiger partial charge on any atom is 0.433 e. The summed E-state index contributed by atoms with van der Waals surface area (Å²) in [6.07, 6.45) is -4.48. The molecule has 1 heterocycles. The van der Waals surface area contributed by atoms with Crippen LogP contribution in [0.1, 0.15) is 25.2 Å². The Morgan fingerprint density at radius 3 is 2.39 bits per heavy atom. The lowest BCUT2D eigenvalue weighted by Gasteiger charge is -2.17. The van der Waals surface area contributed by atoms with Crippen LogP contribution in [0, 0.1) is 12.8 Å². The molecule has 0 aliphatic carbocycles. The molecule has 0 aliphatic heterocycles. The number of rotatable bonds is 4. The van der Waals surface area contributed by atoms with E-state index in [0.717, 1.165) is 17.8 Å². The Balaban J connectivity index is 3.00. The van der Waals surface area contributed by atoms with Crippen molar-refractivity contribution in [3.05, 3.63) is 17.5 Å². The summed E-state index contributed by atoms with van der Waals surface area (Å²) < 4.78 is 37.7. The van der Waals surface area contributed by atoms with E-state index >= 15 is 0 Å². The molecule has 1 aromatic heterocycles. The summed E-state index contributed by atoms with van der Waals surface area (Å²) in [7, 11) is 0. The van der Waals surface area contributed by atoms with Crippen LogP contribution in [0.5, 0.6) is 0 Å². The summed E-state index contributed by atoms with van der Waals surface area (Å²) in [6.45, 7) is 5.13. The van der Waals surface area contributed by atoms with Gasteiger partial charge in [0.25, 0.3) is 0 Å². The van der Waals surface area contributed by atoms with Gasteiger partial charge < -0.3 is 5.11 Å². The van der Waals surface area contributed by atoms with Gasteiger partial charge in [-0.2, -0.15) is 13.2 Å². The zero-order valence-corrected chi connectivity index (χ0v) is 11.1. The minimum absolute atomic E-state index is 0.0510. The molecule has 0 bridgehead atoms. The minimum Gasteiger partial charge on any atom is -0.395 e. The van der Waals surface area contributed by atoms with Gasteiger partial charge in [0.2, 0.25) is 0 Å². The van der Waals surface area contributed by atoms with Crippen LogP contribution in [0.2, 0.25) is 0 Å². The van der Waals surface area contributed by atoms with E-state index in [2.05, 4.69) is 9.97 Å².